The van der Waals surface area contributed by atoms with Gasteiger partial charge in [-0.3, -0.25) is 9.69 Å². The molecule has 1 aromatic rings. The van der Waals surface area contributed by atoms with Gasteiger partial charge in [-0.25, -0.2) is 0 Å². The summed E-state index contributed by atoms with van der Waals surface area (Å²) in [5, 5.41) is 2.92. The van der Waals surface area contributed by atoms with Gasteiger partial charge in [0.2, 0.25) is 5.91 Å². The fourth-order valence-electron chi connectivity index (χ4n) is 2.43. The molecule has 0 saturated carbocycles. The third-order valence-corrected chi connectivity index (χ3v) is 3.97. The number of anilines is 1. The predicted molar refractivity (Wildman–Crippen MR) is 87.4 cm³/mol. The SMILES string of the molecule is CC1COCCN1C(C)C(=O)Nc1ccc(C(N)=S)cc1. The van der Waals surface area contributed by atoms with Gasteiger partial charge in [0.15, 0.2) is 0 Å². The lowest BCUT2D eigenvalue weighted by Crippen LogP contribution is -2.52. The molecule has 2 rings (SSSR count). The van der Waals surface area contributed by atoms with Crippen molar-refractivity contribution in [2.75, 3.05) is 25.1 Å². The van der Waals surface area contributed by atoms with Gasteiger partial charge >= 0.3 is 0 Å². The van der Waals surface area contributed by atoms with Gasteiger partial charge in [0.05, 0.1) is 19.3 Å². The number of carbonyl (C=O) groups is 1. The van der Waals surface area contributed by atoms with Crippen molar-refractivity contribution in [1.82, 2.24) is 4.90 Å². The molecule has 1 aromatic carbocycles. The van der Waals surface area contributed by atoms with Crippen LogP contribution >= 0.6 is 12.2 Å². The largest absolute Gasteiger partial charge is 0.389 e. The monoisotopic (exact) mass is 307 g/mol. The van der Waals surface area contributed by atoms with Crippen LogP contribution in [0.5, 0.6) is 0 Å². The fraction of sp³-hybridized carbons (Fsp3) is 0.467. The van der Waals surface area contributed by atoms with Crippen LogP contribution in [-0.2, 0) is 9.53 Å². The van der Waals surface area contributed by atoms with Crippen molar-refractivity contribution in [1.29, 1.82) is 0 Å². The summed E-state index contributed by atoms with van der Waals surface area (Å²) >= 11 is 4.90. The van der Waals surface area contributed by atoms with E-state index in [1.165, 1.54) is 0 Å². The molecule has 0 aliphatic carbocycles. The number of rotatable bonds is 4. The van der Waals surface area contributed by atoms with Gasteiger partial charge in [0.25, 0.3) is 0 Å². The molecule has 0 radical (unpaired) electrons. The minimum atomic E-state index is -0.195. The van der Waals surface area contributed by atoms with Crippen LogP contribution in [0.25, 0.3) is 0 Å². The Balaban J connectivity index is 1.98. The minimum Gasteiger partial charge on any atom is -0.389 e. The quantitative estimate of drug-likeness (QED) is 0.822. The Morgan fingerprint density at radius 2 is 2.14 bits per heavy atom. The van der Waals surface area contributed by atoms with E-state index >= 15 is 0 Å². The summed E-state index contributed by atoms with van der Waals surface area (Å²) in [4.78, 5) is 14.8. The number of hydrogen-bond donors (Lipinski definition) is 2. The minimum absolute atomic E-state index is 0.0215. The Labute approximate surface area is 130 Å². The Morgan fingerprint density at radius 3 is 2.71 bits per heavy atom. The van der Waals surface area contributed by atoms with Gasteiger partial charge in [-0.15, -0.1) is 0 Å². The van der Waals surface area contributed by atoms with Crippen LogP contribution in [0.4, 0.5) is 5.69 Å². The molecule has 0 aromatic heterocycles. The summed E-state index contributed by atoms with van der Waals surface area (Å²) in [6.45, 7) is 6.10. The summed E-state index contributed by atoms with van der Waals surface area (Å²) in [6.07, 6.45) is 0. The van der Waals surface area contributed by atoms with Crippen molar-refractivity contribution >= 4 is 28.8 Å². The molecule has 5 nitrogen and oxygen atoms in total. The molecule has 2 atom stereocenters. The second-order valence-electron chi connectivity index (χ2n) is 5.27. The molecular weight excluding hydrogens is 286 g/mol. The van der Waals surface area contributed by atoms with E-state index in [-0.39, 0.29) is 18.0 Å². The van der Waals surface area contributed by atoms with Crippen molar-refractivity contribution in [2.45, 2.75) is 25.9 Å². The standard InChI is InChI=1S/C15H21N3O2S/c1-10-9-20-8-7-18(10)11(2)15(19)17-13-5-3-12(4-6-13)14(16)21/h3-6,10-11H,7-9H2,1-2H3,(H2,16,21)(H,17,19). The normalized spacial score (nSPS) is 20.8. The van der Waals surface area contributed by atoms with Crippen LogP contribution in [0.1, 0.15) is 19.4 Å². The molecule has 114 valence electrons. The van der Waals surface area contributed by atoms with Gasteiger partial charge in [0, 0.05) is 23.8 Å². The Hall–Kier alpha value is -1.50. The second kappa shape index (κ2) is 6.98. The lowest BCUT2D eigenvalue weighted by atomic mass is 10.1. The van der Waals surface area contributed by atoms with Crippen LogP contribution < -0.4 is 11.1 Å². The van der Waals surface area contributed by atoms with E-state index in [4.69, 9.17) is 22.7 Å². The van der Waals surface area contributed by atoms with E-state index in [2.05, 4.69) is 17.1 Å². The number of hydrogen-bond acceptors (Lipinski definition) is 4. The van der Waals surface area contributed by atoms with Crippen LogP contribution in [0.2, 0.25) is 0 Å². The van der Waals surface area contributed by atoms with Gasteiger partial charge in [0.1, 0.15) is 4.99 Å². The lowest BCUT2D eigenvalue weighted by Gasteiger charge is -2.36. The molecule has 1 aliphatic heterocycles. The number of nitrogens with two attached hydrogens (primary N) is 1. The number of carbonyl (C=O) groups excluding carboxylic acids is 1. The summed E-state index contributed by atoms with van der Waals surface area (Å²) in [5.74, 6) is -0.0215. The number of benzene rings is 1. The molecule has 1 saturated heterocycles. The van der Waals surface area contributed by atoms with Gasteiger partial charge < -0.3 is 15.8 Å². The molecule has 1 amide bonds. The van der Waals surface area contributed by atoms with Gasteiger partial charge in [-0.2, -0.15) is 0 Å². The first-order valence-electron chi connectivity index (χ1n) is 7.03. The van der Waals surface area contributed by atoms with E-state index in [1.54, 1.807) is 12.1 Å². The van der Waals surface area contributed by atoms with Gasteiger partial charge in [-0.05, 0) is 38.1 Å². The Kier molecular flexibility index (Phi) is 5.27. The smallest absolute Gasteiger partial charge is 0.241 e. The van der Waals surface area contributed by atoms with Crippen molar-refractivity contribution in [3.8, 4) is 0 Å². The first kappa shape index (κ1) is 15.9. The van der Waals surface area contributed by atoms with E-state index in [0.29, 0.717) is 18.2 Å². The maximum absolute atomic E-state index is 12.3. The first-order valence-corrected chi connectivity index (χ1v) is 7.44. The first-order chi connectivity index (χ1) is 9.99. The molecule has 1 aliphatic rings. The van der Waals surface area contributed by atoms with Crippen LogP contribution in [-0.4, -0.2) is 47.6 Å². The third-order valence-electron chi connectivity index (χ3n) is 3.73. The molecule has 1 fully saturated rings. The fourth-order valence-corrected chi connectivity index (χ4v) is 2.57. The molecule has 6 heteroatoms. The van der Waals surface area contributed by atoms with E-state index in [0.717, 1.165) is 17.8 Å². The van der Waals surface area contributed by atoms with Crippen molar-refractivity contribution in [2.24, 2.45) is 5.73 Å². The van der Waals surface area contributed by atoms with Crippen LogP contribution in [0.15, 0.2) is 24.3 Å². The van der Waals surface area contributed by atoms with E-state index in [1.807, 2.05) is 19.1 Å². The van der Waals surface area contributed by atoms with Crippen molar-refractivity contribution in [3.63, 3.8) is 0 Å². The highest BCUT2D eigenvalue weighted by Gasteiger charge is 2.28. The molecule has 3 N–H and O–H groups in total. The van der Waals surface area contributed by atoms with Crippen LogP contribution in [0.3, 0.4) is 0 Å². The number of amides is 1. The number of nitrogens with zero attached hydrogens (tertiary/aromatic N) is 1. The summed E-state index contributed by atoms with van der Waals surface area (Å²) in [6, 6.07) is 7.28. The molecule has 2 unspecified atom stereocenters. The number of ether oxygens (including phenoxy) is 1. The lowest BCUT2D eigenvalue weighted by molar-refractivity contribution is -0.124. The highest BCUT2D eigenvalue weighted by atomic mass is 32.1. The molecule has 0 spiro atoms. The average molecular weight is 307 g/mol. The van der Waals surface area contributed by atoms with E-state index in [9.17, 15) is 4.79 Å². The highest BCUT2D eigenvalue weighted by Crippen LogP contribution is 2.14. The maximum atomic E-state index is 12.3. The zero-order valence-corrected chi connectivity index (χ0v) is 13.2. The number of thiocarbonyl (C=S) groups is 1. The van der Waals surface area contributed by atoms with Crippen molar-refractivity contribution in [3.05, 3.63) is 29.8 Å². The topological polar surface area (TPSA) is 67.6 Å². The number of morpholine rings is 1. The molecule has 1 heterocycles. The predicted octanol–water partition coefficient (Wildman–Crippen LogP) is 1.37. The average Bonchev–Trinajstić information content (AvgIpc) is 2.47. The Morgan fingerprint density at radius 1 is 1.48 bits per heavy atom. The molecule has 21 heavy (non-hydrogen) atoms. The highest BCUT2D eigenvalue weighted by molar-refractivity contribution is 7.80. The van der Waals surface area contributed by atoms with Crippen LogP contribution in [0, 0.1) is 0 Å². The summed E-state index contributed by atoms with van der Waals surface area (Å²) in [5.41, 5.74) is 7.08. The zero-order valence-electron chi connectivity index (χ0n) is 12.3. The molecule has 0 bridgehead atoms. The van der Waals surface area contributed by atoms with E-state index < -0.39 is 0 Å². The maximum Gasteiger partial charge on any atom is 0.241 e. The molecular formula is C15H21N3O2S. The van der Waals surface area contributed by atoms with Gasteiger partial charge in [-0.1, -0.05) is 12.2 Å². The Bertz CT molecular complexity index is 518. The second-order valence-corrected chi connectivity index (χ2v) is 5.71. The number of nitrogens with one attached hydrogen (secondary N) is 1. The zero-order chi connectivity index (χ0) is 15.4. The van der Waals surface area contributed by atoms with Crippen molar-refractivity contribution < 1.29 is 9.53 Å². The third kappa shape index (κ3) is 4.00. The summed E-state index contributed by atoms with van der Waals surface area (Å²) < 4.78 is 5.40. The summed E-state index contributed by atoms with van der Waals surface area (Å²) in [7, 11) is 0.